The number of nitrogens with one attached hydrogen (secondary N) is 6. The van der Waals surface area contributed by atoms with Gasteiger partial charge in [0.1, 0.15) is 36.0 Å². The largest absolute Gasteiger partial charge is 0.508 e. The molecule has 2 fully saturated rings. The SMILES string of the molecule is CC(C)C[C@@H]1NC(=O)[C@@H](Cc2ccc(O)cc2)NC(=O)[C@@H]2CCCN2[C@@H](C(=O)NC(C)(C)C)[C@H](C)NC(=O)[C@H]([C@@H](C)O)NC(=O)C(CC(=O)O)NC1=O. The number of rotatable bonds is 8. The Morgan fingerprint density at radius 1 is 0.849 bits per heavy atom. The van der Waals surface area contributed by atoms with Gasteiger partial charge in [0.15, 0.2) is 0 Å². The highest BCUT2D eigenvalue weighted by molar-refractivity contribution is 5.97. The second kappa shape index (κ2) is 18.3. The van der Waals surface area contributed by atoms with Crippen molar-refractivity contribution in [1.82, 2.24) is 36.8 Å². The summed E-state index contributed by atoms with van der Waals surface area (Å²) in [5, 5.41) is 45.8. The third kappa shape index (κ3) is 12.4. The number of carbonyl (C=O) groups excluding carboxylic acids is 6. The van der Waals surface area contributed by atoms with Crippen molar-refractivity contribution in [3.63, 3.8) is 0 Å². The first kappa shape index (κ1) is 42.6. The molecule has 0 aliphatic carbocycles. The molecule has 53 heavy (non-hydrogen) atoms. The monoisotopic (exact) mass is 745 g/mol. The molecule has 294 valence electrons. The Kier molecular flexibility index (Phi) is 14.7. The lowest BCUT2D eigenvalue weighted by Crippen LogP contribution is -2.66. The van der Waals surface area contributed by atoms with E-state index in [0.29, 0.717) is 18.4 Å². The highest BCUT2D eigenvalue weighted by Crippen LogP contribution is 2.24. The molecule has 17 heteroatoms. The number of carbonyl (C=O) groups is 7. The van der Waals surface area contributed by atoms with Crippen LogP contribution in [0.15, 0.2) is 24.3 Å². The lowest BCUT2D eigenvalue weighted by atomic mass is 9.99. The number of hydrogen-bond donors (Lipinski definition) is 9. The number of phenolic OH excluding ortho intramolecular Hbond substituents is 1. The molecule has 17 nitrogen and oxygen atoms in total. The van der Waals surface area contributed by atoms with Crippen LogP contribution in [0.25, 0.3) is 0 Å². The van der Waals surface area contributed by atoms with Gasteiger partial charge >= 0.3 is 5.97 Å². The van der Waals surface area contributed by atoms with Crippen LogP contribution >= 0.6 is 0 Å². The normalized spacial score (nSPS) is 27.6. The van der Waals surface area contributed by atoms with Crippen molar-refractivity contribution in [1.29, 1.82) is 0 Å². The van der Waals surface area contributed by atoms with E-state index < -0.39 is 102 Å². The minimum atomic E-state index is -1.72. The molecule has 1 aromatic carbocycles. The van der Waals surface area contributed by atoms with Crippen LogP contribution in [0.5, 0.6) is 5.75 Å². The average molecular weight is 746 g/mol. The molecular formula is C36H55N7O10. The molecule has 6 amide bonds. The van der Waals surface area contributed by atoms with Crippen molar-refractivity contribution in [2.45, 2.75) is 135 Å². The molecular weight excluding hydrogens is 690 g/mol. The summed E-state index contributed by atoms with van der Waals surface area (Å²) in [6.45, 7) is 11.9. The number of amides is 6. The number of phenols is 1. The highest BCUT2D eigenvalue weighted by atomic mass is 16.4. The zero-order valence-corrected chi connectivity index (χ0v) is 31.4. The van der Waals surface area contributed by atoms with Gasteiger partial charge in [-0.05, 0) is 84.0 Å². The summed E-state index contributed by atoms with van der Waals surface area (Å²) in [4.78, 5) is 96.4. The van der Waals surface area contributed by atoms with Gasteiger partial charge in [-0.15, -0.1) is 0 Å². The maximum Gasteiger partial charge on any atom is 0.305 e. The molecule has 0 radical (unpaired) electrons. The first-order valence-corrected chi connectivity index (χ1v) is 17.9. The third-order valence-electron chi connectivity index (χ3n) is 8.99. The van der Waals surface area contributed by atoms with Gasteiger partial charge in [-0.3, -0.25) is 38.5 Å². The van der Waals surface area contributed by atoms with E-state index in [-0.39, 0.29) is 31.1 Å². The van der Waals surface area contributed by atoms with Crippen LogP contribution in [0.4, 0.5) is 0 Å². The van der Waals surface area contributed by atoms with Crippen LogP contribution in [0.2, 0.25) is 0 Å². The van der Waals surface area contributed by atoms with E-state index in [1.165, 1.54) is 19.1 Å². The van der Waals surface area contributed by atoms with E-state index in [0.717, 1.165) is 0 Å². The summed E-state index contributed by atoms with van der Waals surface area (Å²) in [7, 11) is 0. The maximum absolute atomic E-state index is 14.2. The fourth-order valence-electron chi connectivity index (χ4n) is 6.54. The Morgan fingerprint density at radius 3 is 1.98 bits per heavy atom. The molecule has 2 heterocycles. The fourth-order valence-corrected chi connectivity index (χ4v) is 6.54. The Labute approximate surface area is 309 Å². The fraction of sp³-hybridized carbons (Fsp3) is 0.639. The molecule has 0 spiro atoms. The standard InChI is InChI=1S/C36H55N7O10/c1-18(2)15-23-30(48)39-25(17-27(46)47)32(50)41-28(20(4)44)34(52)37-19(3)29(35(53)42-36(5,6)7)43-14-8-9-26(43)33(51)40-24(31(49)38-23)16-21-10-12-22(45)13-11-21/h10-13,18-20,23-26,28-29,44-45H,8-9,14-17H2,1-7H3,(H,37,52)(H,38,49)(H,39,48)(H,40,51)(H,41,50)(H,42,53)(H,46,47)/t19-,20+,23-,24+,25?,26-,28-,29+/m0/s1. The molecule has 3 rings (SSSR count). The number of aliphatic hydroxyl groups excluding tert-OH is 1. The number of benzene rings is 1. The van der Waals surface area contributed by atoms with E-state index >= 15 is 0 Å². The third-order valence-corrected chi connectivity index (χ3v) is 8.99. The van der Waals surface area contributed by atoms with Gasteiger partial charge in [-0.1, -0.05) is 26.0 Å². The highest BCUT2D eigenvalue weighted by Gasteiger charge is 2.44. The Hall–Kier alpha value is -4.77. The van der Waals surface area contributed by atoms with Crippen molar-refractivity contribution in [2.75, 3.05) is 6.54 Å². The number of carboxylic acid groups (broad SMARTS) is 1. The number of aliphatic hydroxyl groups is 1. The van der Waals surface area contributed by atoms with Gasteiger partial charge in [-0.25, -0.2) is 0 Å². The lowest BCUT2D eigenvalue weighted by Gasteiger charge is -2.38. The summed E-state index contributed by atoms with van der Waals surface area (Å²) in [6, 6.07) is -2.93. The van der Waals surface area contributed by atoms with Crippen molar-refractivity contribution < 1.29 is 48.9 Å². The van der Waals surface area contributed by atoms with Crippen LogP contribution in [-0.2, 0) is 40.0 Å². The zero-order valence-electron chi connectivity index (χ0n) is 31.4. The van der Waals surface area contributed by atoms with Gasteiger partial charge < -0.3 is 47.2 Å². The molecule has 1 aromatic rings. The summed E-state index contributed by atoms with van der Waals surface area (Å²) >= 11 is 0. The summed E-state index contributed by atoms with van der Waals surface area (Å²) in [6.07, 6.45) is -1.56. The minimum Gasteiger partial charge on any atom is -0.508 e. The average Bonchev–Trinajstić information content (AvgIpc) is 3.50. The van der Waals surface area contributed by atoms with Gasteiger partial charge in [0.2, 0.25) is 35.4 Å². The minimum absolute atomic E-state index is 0.0114. The van der Waals surface area contributed by atoms with Crippen LogP contribution < -0.4 is 31.9 Å². The van der Waals surface area contributed by atoms with E-state index in [9.17, 15) is 48.9 Å². The van der Waals surface area contributed by atoms with Gasteiger partial charge in [-0.2, -0.15) is 0 Å². The number of carboxylic acids is 1. The molecule has 9 N–H and O–H groups in total. The number of fused-ring (bicyclic) bond motifs is 1. The Bertz CT molecular complexity index is 1510. The van der Waals surface area contributed by atoms with E-state index in [2.05, 4.69) is 31.9 Å². The predicted octanol–water partition coefficient (Wildman–Crippen LogP) is -0.958. The first-order valence-electron chi connectivity index (χ1n) is 17.9. The maximum atomic E-state index is 14.2. The van der Waals surface area contributed by atoms with Crippen molar-refractivity contribution in [3.05, 3.63) is 29.8 Å². The number of hydrogen-bond acceptors (Lipinski definition) is 10. The molecule has 2 saturated heterocycles. The second-order valence-corrected chi connectivity index (χ2v) is 15.4. The summed E-state index contributed by atoms with van der Waals surface area (Å²) in [5.41, 5.74) is -0.132. The van der Waals surface area contributed by atoms with E-state index in [1.807, 2.05) is 0 Å². The molecule has 0 bridgehead atoms. The van der Waals surface area contributed by atoms with Crippen LogP contribution in [0.1, 0.15) is 79.7 Å². The molecule has 1 unspecified atom stereocenters. The smallest absolute Gasteiger partial charge is 0.305 e. The quantitative estimate of drug-likeness (QED) is 0.157. The van der Waals surface area contributed by atoms with Crippen LogP contribution in [0.3, 0.4) is 0 Å². The van der Waals surface area contributed by atoms with Gasteiger partial charge in [0.25, 0.3) is 0 Å². The molecule has 0 saturated carbocycles. The lowest BCUT2D eigenvalue weighted by molar-refractivity contribution is -0.142. The molecule has 2 aliphatic rings. The first-order chi connectivity index (χ1) is 24.7. The van der Waals surface area contributed by atoms with Crippen molar-refractivity contribution in [2.24, 2.45) is 5.92 Å². The number of nitrogens with zero attached hydrogens (tertiary/aromatic N) is 1. The summed E-state index contributed by atoms with van der Waals surface area (Å²) < 4.78 is 0. The Balaban J connectivity index is 2.16. The number of aliphatic carboxylic acids is 1. The van der Waals surface area contributed by atoms with Crippen LogP contribution in [0, 0.1) is 5.92 Å². The Morgan fingerprint density at radius 2 is 1.42 bits per heavy atom. The van der Waals surface area contributed by atoms with E-state index in [4.69, 9.17) is 0 Å². The molecule has 2 aliphatic heterocycles. The summed E-state index contributed by atoms with van der Waals surface area (Å²) in [5.74, 6) is -6.31. The van der Waals surface area contributed by atoms with Gasteiger partial charge in [0, 0.05) is 12.0 Å². The van der Waals surface area contributed by atoms with Crippen molar-refractivity contribution in [3.8, 4) is 5.75 Å². The molecule has 8 atom stereocenters. The number of aromatic hydroxyl groups is 1. The van der Waals surface area contributed by atoms with Crippen LogP contribution in [-0.4, -0.2) is 122 Å². The van der Waals surface area contributed by atoms with E-state index in [1.54, 1.807) is 58.6 Å². The topological polar surface area (TPSA) is 256 Å². The predicted molar refractivity (Wildman–Crippen MR) is 192 cm³/mol. The van der Waals surface area contributed by atoms with Crippen molar-refractivity contribution >= 4 is 41.4 Å². The van der Waals surface area contributed by atoms with Gasteiger partial charge in [0.05, 0.1) is 24.6 Å². The molecule has 0 aromatic heterocycles. The zero-order chi connectivity index (χ0) is 39.8. The second-order valence-electron chi connectivity index (χ2n) is 15.4.